The van der Waals surface area contributed by atoms with Gasteiger partial charge in [-0.25, -0.2) is 4.98 Å². The number of hydrogen-bond acceptors (Lipinski definition) is 4. The number of carbonyl (C=O) groups is 1. The van der Waals surface area contributed by atoms with E-state index in [1.807, 2.05) is 12.3 Å². The van der Waals surface area contributed by atoms with Gasteiger partial charge in [-0.15, -0.1) is 0 Å². The van der Waals surface area contributed by atoms with Crippen molar-refractivity contribution in [2.75, 3.05) is 13.1 Å². The van der Waals surface area contributed by atoms with E-state index in [2.05, 4.69) is 14.5 Å². The number of nitriles is 1. The van der Waals surface area contributed by atoms with E-state index in [-0.39, 0.29) is 5.78 Å². The van der Waals surface area contributed by atoms with E-state index in [0.29, 0.717) is 24.2 Å². The summed E-state index contributed by atoms with van der Waals surface area (Å²) in [5.74, 6) is 1.08. The highest BCUT2D eigenvalue weighted by molar-refractivity contribution is 5.97. The van der Waals surface area contributed by atoms with E-state index >= 15 is 0 Å². The van der Waals surface area contributed by atoms with Crippen LogP contribution in [-0.2, 0) is 13.1 Å². The molecule has 5 heteroatoms. The summed E-state index contributed by atoms with van der Waals surface area (Å²) < 4.78 is 2.11. The Labute approximate surface area is 117 Å². The van der Waals surface area contributed by atoms with Gasteiger partial charge in [0.05, 0.1) is 24.7 Å². The second kappa shape index (κ2) is 5.27. The Morgan fingerprint density at radius 2 is 2.10 bits per heavy atom. The molecular weight excluding hydrogens is 252 g/mol. The molecule has 0 saturated carbocycles. The Kier molecular flexibility index (Phi) is 3.32. The van der Waals surface area contributed by atoms with Crippen LogP contribution in [0, 0.1) is 11.3 Å². The molecule has 0 N–H and O–H groups in total. The van der Waals surface area contributed by atoms with Gasteiger partial charge in [-0.2, -0.15) is 5.26 Å². The van der Waals surface area contributed by atoms with E-state index in [9.17, 15) is 4.79 Å². The molecule has 100 valence electrons. The molecule has 0 aliphatic carbocycles. The number of benzene rings is 1. The molecule has 1 aromatic carbocycles. The fraction of sp³-hybridized carbons (Fsp3) is 0.267. The maximum atomic E-state index is 12.2. The highest BCUT2D eigenvalue weighted by Gasteiger charge is 2.19. The Balaban J connectivity index is 1.66. The summed E-state index contributed by atoms with van der Waals surface area (Å²) in [7, 11) is 0. The van der Waals surface area contributed by atoms with Crippen molar-refractivity contribution in [2.45, 2.75) is 13.1 Å². The van der Waals surface area contributed by atoms with Gasteiger partial charge in [-0.3, -0.25) is 9.69 Å². The average molecular weight is 266 g/mol. The van der Waals surface area contributed by atoms with Crippen molar-refractivity contribution >= 4 is 5.78 Å². The van der Waals surface area contributed by atoms with Crippen LogP contribution >= 0.6 is 0 Å². The molecule has 0 atom stereocenters. The topological polar surface area (TPSA) is 61.9 Å². The Morgan fingerprint density at radius 3 is 2.85 bits per heavy atom. The molecule has 2 aromatic rings. The summed E-state index contributed by atoms with van der Waals surface area (Å²) in [6.07, 6.45) is 3.76. The lowest BCUT2D eigenvalue weighted by Crippen LogP contribution is -2.37. The maximum Gasteiger partial charge on any atom is 0.176 e. The number of ketones is 1. The first-order valence-corrected chi connectivity index (χ1v) is 6.52. The number of carbonyl (C=O) groups excluding carboxylic acids is 1. The van der Waals surface area contributed by atoms with Gasteiger partial charge in [0, 0.05) is 31.0 Å². The van der Waals surface area contributed by atoms with E-state index in [1.165, 1.54) is 0 Å². The van der Waals surface area contributed by atoms with Crippen LogP contribution in [0.3, 0.4) is 0 Å². The molecule has 0 radical (unpaired) electrons. The fourth-order valence-electron chi connectivity index (χ4n) is 2.38. The number of hydrogen-bond donors (Lipinski definition) is 0. The first-order valence-electron chi connectivity index (χ1n) is 6.52. The zero-order valence-electron chi connectivity index (χ0n) is 11.0. The smallest absolute Gasteiger partial charge is 0.176 e. The monoisotopic (exact) mass is 266 g/mol. The lowest BCUT2D eigenvalue weighted by Gasteiger charge is -2.26. The van der Waals surface area contributed by atoms with Gasteiger partial charge in [0.15, 0.2) is 5.78 Å². The van der Waals surface area contributed by atoms with Crippen molar-refractivity contribution in [3.63, 3.8) is 0 Å². The van der Waals surface area contributed by atoms with Gasteiger partial charge in [-0.05, 0) is 12.1 Å². The maximum absolute atomic E-state index is 12.2. The summed E-state index contributed by atoms with van der Waals surface area (Å²) in [6, 6.07) is 8.83. The molecule has 0 fully saturated rings. The second-order valence-electron chi connectivity index (χ2n) is 4.86. The Morgan fingerprint density at radius 1 is 1.30 bits per heavy atom. The molecule has 0 saturated heterocycles. The first kappa shape index (κ1) is 12.6. The number of aromatic nitrogens is 2. The molecule has 1 aliphatic rings. The van der Waals surface area contributed by atoms with Crippen LogP contribution in [0.4, 0.5) is 0 Å². The number of imidazole rings is 1. The van der Waals surface area contributed by atoms with Crippen molar-refractivity contribution < 1.29 is 4.79 Å². The van der Waals surface area contributed by atoms with Crippen molar-refractivity contribution in [1.82, 2.24) is 14.5 Å². The minimum absolute atomic E-state index is 0.0782. The van der Waals surface area contributed by atoms with Crippen molar-refractivity contribution in [3.05, 3.63) is 53.6 Å². The minimum atomic E-state index is 0.0782. The number of nitrogens with zero attached hydrogens (tertiary/aromatic N) is 4. The standard InChI is InChI=1S/C15H14N4O/c16-9-12-1-3-13(4-2-12)14(20)10-18-7-8-19-6-5-17-15(19)11-18/h1-6H,7-8,10-11H2. The van der Waals surface area contributed by atoms with Crippen molar-refractivity contribution in [2.24, 2.45) is 0 Å². The third-order valence-corrected chi connectivity index (χ3v) is 3.53. The van der Waals surface area contributed by atoms with Gasteiger partial charge >= 0.3 is 0 Å². The molecule has 0 unspecified atom stereocenters. The van der Waals surface area contributed by atoms with Crippen LogP contribution in [0.2, 0.25) is 0 Å². The summed E-state index contributed by atoms with van der Waals surface area (Å²) in [5.41, 5.74) is 1.22. The number of fused-ring (bicyclic) bond motifs is 1. The lowest BCUT2D eigenvalue weighted by molar-refractivity contribution is 0.0908. The third-order valence-electron chi connectivity index (χ3n) is 3.53. The number of Topliss-reactive ketones (excluding diaryl/α,β-unsaturated/α-hetero) is 1. The molecule has 3 rings (SSSR count). The normalized spacial score (nSPS) is 14.6. The average Bonchev–Trinajstić information content (AvgIpc) is 2.95. The zero-order valence-corrected chi connectivity index (χ0v) is 11.0. The molecule has 1 aromatic heterocycles. The van der Waals surface area contributed by atoms with Crippen LogP contribution < -0.4 is 0 Å². The molecule has 2 heterocycles. The molecule has 5 nitrogen and oxygen atoms in total. The van der Waals surface area contributed by atoms with E-state index in [1.54, 1.807) is 30.5 Å². The molecule has 20 heavy (non-hydrogen) atoms. The second-order valence-corrected chi connectivity index (χ2v) is 4.86. The van der Waals surface area contributed by atoms with E-state index < -0.39 is 0 Å². The number of rotatable bonds is 3. The molecular formula is C15H14N4O. The van der Waals surface area contributed by atoms with Gasteiger partial charge < -0.3 is 4.57 Å². The predicted octanol–water partition coefficient (Wildman–Crippen LogP) is 1.45. The van der Waals surface area contributed by atoms with Gasteiger partial charge in [0.1, 0.15) is 5.82 Å². The molecule has 0 spiro atoms. The summed E-state index contributed by atoms with van der Waals surface area (Å²) >= 11 is 0. The molecule has 0 amide bonds. The summed E-state index contributed by atoms with van der Waals surface area (Å²) in [5, 5.41) is 8.75. The predicted molar refractivity (Wildman–Crippen MR) is 73.0 cm³/mol. The SMILES string of the molecule is N#Cc1ccc(C(=O)CN2CCn3ccnc3C2)cc1. The third kappa shape index (κ3) is 2.46. The van der Waals surface area contributed by atoms with E-state index in [4.69, 9.17) is 5.26 Å². The Bertz CT molecular complexity index is 666. The van der Waals surface area contributed by atoms with Crippen LogP contribution in [0.25, 0.3) is 0 Å². The van der Waals surface area contributed by atoms with Crippen LogP contribution in [0.1, 0.15) is 21.7 Å². The van der Waals surface area contributed by atoms with Gasteiger partial charge in [0.2, 0.25) is 0 Å². The minimum Gasteiger partial charge on any atom is -0.333 e. The largest absolute Gasteiger partial charge is 0.333 e. The summed E-state index contributed by atoms with van der Waals surface area (Å²) in [4.78, 5) is 18.6. The lowest BCUT2D eigenvalue weighted by atomic mass is 10.1. The van der Waals surface area contributed by atoms with Crippen LogP contribution in [0.15, 0.2) is 36.7 Å². The fourth-order valence-corrected chi connectivity index (χ4v) is 2.38. The van der Waals surface area contributed by atoms with Crippen molar-refractivity contribution in [3.8, 4) is 6.07 Å². The highest BCUT2D eigenvalue weighted by Crippen LogP contribution is 2.12. The van der Waals surface area contributed by atoms with Crippen molar-refractivity contribution in [1.29, 1.82) is 5.26 Å². The molecule has 1 aliphatic heterocycles. The molecule has 0 bridgehead atoms. The quantitative estimate of drug-likeness (QED) is 0.789. The van der Waals surface area contributed by atoms with Crippen LogP contribution in [-0.4, -0.2) is 33.3 Å². The first-order chi connectivity index (χ1) is 9.76. The summed E-state index contributed by atoms with van der Waals surface area (Å²) in [6.45, 7) is 2.81. The van der Waals surface area contributed by atoms with Crippen LogP contribution in [0.5, 0.6) is 0 Å². The highest BCUT2D eigenvalue weighted by atomic mass is 16.1. The van der Waals surface area contributed by atoms with Gasteiger partial charge in [-0.1, -0.05) is 12.1 Å². The van der Waals surface area contributed by atoms with Gasteiger partial charge in [0.25, 0.3) is 0 Å². The zero-order chi connectivity index (χ0) is 13.9. The Hall–Kier alpha value is -2.45. The van der Waals surface area contributed by atoms with E-state index in [0.717, 1.165) is 18.9 Å².